The normalized spacial score (nSPS) is 28.1. The van der Waals surface area contributed by atoms with E-state index >= 15 is 0 Å². The number of nitriles is 1. The second-order valence-corrected chi connectivity index (χ2v) is 8.85. The minimum Gasteiger partial charge on any atom is -0.382 e. The third-order valence-corrected chi connectivity index (χ3v) is 7.16. The number of nitrogens with zero attached hydrogens (tertiary/aromatic N) is 3. The van der Waals surface area contributed by atoms with Gasteiger partial charge in [0.1, 0.15) is 21.8 Å². The fraction of sp³-hybridized carbons (Fsp3) is 0.524. The largest absolute Gasteiger partial charge is 0.382 e. The quantitative estimate of drug-likeness (QED) is 0.760. The molecule has 0 unspecified atom stereocenters. The highest BCUT2D eigenvalue weighted by Crippen LogP contribution is 2.47. The van der Waals surface area contributed by atoms with Crippen molar-refractivity contribution in [3.63, 3.8) is 0 Å². The van der Waals surface area contributed by atoms with E-state index in [2.05, 4.69) is 31.6 Å². The second-order valence-electron chi connectivity index (χ2n) is 8.10. The maximum absolute atomic E-state index is 13.3. The third kappa shape index (κ3) is 3.32. The zero-order valence-corrected chi connectivity index (χ0v) is 17.0. The van der Waals surface area contributed by atoms with E-state index in [-0.39, 0.29) is 5.82 Å². The Morgan fingerprint density at radius 1 is 1.26 bits per heavy atom. The molecule has 142 valence electrons. The maximum atomic E-state index is 13.3. The van der Waals surface area contributed by atoms with Crippen LogP contribution < -0.4 is 0 Å². The number of aryl methyl sites for hydroxylation is 1. The molecule has 1 N–H and O–H groups in total. The molecule has 4 nitrogen and oxygen atoms in total. The van der Waals surface area contributed by atoms with Crippen molar-refractivity contribution in [2.75, 3.05) is 0 Å². The molecule has 4 rings (SSSR count). The fourth-order valence-electron chi connectivity index (χ4n) is 4.18. The van der Waals surface area contributed by atoms with Crippen molar-refractivity contribution >= 4 is 15.9 Å². The summed E-state index contributed by atoms with van der Waals surface area (Å²) in [6.45, 7) is 2.82. The first-order valence-corrected chi connectivity index (χ1v) is 10.3. The minimum absolute atomic E-state index is 0.304. The summed E-state index contributed by atoms with van der Waals surface area (Å²) in [5.74, 6) is 1.07. The van der Waals surface area contributed by atoms with Crippen LogP contribution in [0.5, 0.6) is 0 Å². The van der Waals surface area contributed by atoms with Crippen molar-refractivity contribution in [3.05, 3.63) is 51.8 Å². The number of rotatable bonds is 4. The summed E-state index contributed by atoms with van der Waals surface area (Å²) < 4.78 is 16.3. The zero-order chi connectivity index (χ0) is 19.2. The van der Waals surface area contributed by atoms with Crippen molar-refractivity contribution in [1.82, 2.24) is 9.55 Å². The molecule has 0 aliphatic heterocycles. The van der Waals surface area contributed by atoms with Gasteiger partial charge in [0.2, 0.25) is 0 Å². The second kappa shape index (κ2) is 6.72. The molecule has 0 amide bonds. The van der Waals surface area contributed by atoms with Gasteiger partial charge in [0.15, 0.2) is 0 Å². The maximum Gasteiger partial charge on any atom is 0.142 e. The average molecular weight is 432 g/mol. The predicted octanol–water partition coefficient (Wildman–Crippen LogP) is 4.73. The molecular weight excluding hydrogens is 409 g/mol. The van der Waals surface area contributed by atoms with Crippen molar-refractivity contribution in [3.8, 4) is 6.07 Å². The number of imidazole rings is 1. The highest BCUT2D eigenvalue weighted by Gasteiger charge is 2.46. The van der Waals surface area contributed by atoms with Gasteiger partial charge in [0.05, 0.1) is 17.2 Å². The summed E-state index contributed by atoms with van der Waals surface area (Å²) in [6.07, 6.45) is 4.43. The minimum atomic E-state index is -1.04. The van der Waals surface area contributed by atoms with Gasteiger partial charge in [-0.1, -0.05) is 12.1 Å². The topological polar surface area (TPSA) is 61.8 Å². The van der Waals surface area contributed by atoms with Crippen LogP contribution in [0.1, 0.15) is 55.6 Å². The van der Waals surface area contributed by atoms with E-state index in [0.29, 0.717) is 37.4 Å². The van der Waals surface area contributed by atoms with Crippen LogP contribution in [0, 0.1) is 30.0 Å². The fourth-order valence-corrected chi connectivity index (χ4v) is 4.58. The van der Waals surface area contributed by atoms with Crippen molar-refractivity contribution in [2.45, 2.75) is 63.0 Å². The molecule has 6 heteroatoms. The van der Waals surface area contributed by atoms with E-state index in [1.54, 1.807) is 12.1 Å². The summed E-state index contributed by atoms with van der Waals surface area (Å²) in [6, 6.07) is 8.63. The molecule has 2 saturated carbocycles. The predicted molar refractivity (Wildman–Crippen MR) is 103 cm³/mol. The Bertz CT molecular complexity index is 887. The first kappa shape index (κ1) is 18.6. The molecule has 1 heterocycles. The smallest absolute Gasteiger partial charge is 0.142 e. The molecular formula is C21H23BrFN3O. The van der Waals surface area contributed by atoms with Crippen LogP contribution in [0.2, 0.25) is 0 Å². The SMILES string of the molecule is Cc1nc([C@]2(O)CC[C@](C#N)(c3ccc(F)cc3)CC2)n(CC2CC2)c1Br. The van der Waals surface area contributed by atoms with Crippen molar-refractivity contribution in [2.24, 2.45) is 5.92 Å². The molecule has 0 bridgehead atoms. The molecule has 0 saturated heterocycles. The van der Waals surface area contributed by atoms with Gasteiger partial charge in [-0.15, -0.1) is 0 Å². The molecule has 1 aromatic carbocycles. The van der Waals surface area contributed by atoms with E-state index in [9.17, 15) is 14.8 Å². The number of hydrogen-bond acceptors (Lipinski definition) is 3. The van der Waals surface area contributed by atoms with Gasteiger partial charge in [0.25, 0.3) is 0 Å². The van der Waals surface area contributed by atoms with Crippen LogP contribution >= 0.6 is 15.9 Å². The molecule has 2 aromatic rings. The summed E-state index contributed by atoms with van der Waals surface area (Å²) in [5.41, 5.74) is -0.00604. The third-order valence-electron chi connectivity index (χ3n) is 6.16. The number of aliphatic hydroxyl groups is 1. The van der Waals surface area contributed by atoms with Gasteiger partial charge in [-0.3, -0.25) is 0 Å². The Morgan fingerprint density at radius 2 is 1.89 bits per heavy atom. The molecule has 2 aliphatic carbocycles. The monoisotopic (exact) mass is 431 g/mol. The summed E-state index contributed by atoms with van der Waals surface area (Å²) in [4.78, 5) is 4.68. The van der Waals surface area contributed by atoms with E-state index in [4.69, 9.17) is 0 Å². The molecule has 27 heavy (non-hydrogen) atoms. The Kier molecular flexibility index (Phi) is 4.64. The molecule has 1 aromatic heterocycles. The zero-order valence-electron chi connectivity index (χ0n) is 15.4. The Hall–Kier alpha value is -1.71. The molecule has 2 fully saturated rings. The van der Waals surface area contributed by atoms with Crippen LogP contribution in [0.3, 0.4) is 0 Å². The lowest BCUT2D eigenvalue weighted by Crippen LogP contribution is -2.40. The van der Waals surface area contributed by atoms with Crippen LogP contribution in [0.15, 0.2) is 28.9 Å². The Balaban J connectivity index is 1.62. The van der Waals surface area contributed by atoms with Gasteiger partial charge in [0, 0.05) is 6.54 Å². The Morgan fingerprint density at radius 3 is 2.44 bits per heavy atom. The highest BCUT2D eigenvalue weighted by molar-refractivity contribution is 9.10. The van der Waals surface area contributed by atoms with E-state index in [1.165, 1.54) is 25.0 Å². The van der Waals surface area contributed by atoms with Crippen LogP contribution in [-0.4, -0.2) is 14.7 Å². The van der Waals surface area contributed by atoms with Gasteiger partial charge in [-0.25, -0.2) is 9.37 Å². The summed E-state index contributed by atoms with van der Waals surface area (Å²) >= 11 is 3.63. The Labute approximate surface area is 167 Å². The lowest BCUT2D eigenvalue weighted by Gasteiger charge is -2.40. The average Bonchev–Trinajstić information content (AvgIpc) is 3.44. The number of aromatic nitrogens is 2. The highest BCUT2D eigenvalue weighted by atomic mass is 79.9. The van der Waals surface area contributed by atoms with Crippen LogP contribution in [0.4, 0.5) is 4.39 Å². The summed E-state index contributed by atoms with van der Waals surface area (Å²) in [7, 11) is 0. The van der Waals surface area contributed by atoms with Gasteiger partial charge >= 0.3 is 0 Å². The van der Waals surface area contributed by atoms with Gasteiger partial charge in [-0.2, -0.15) is 5.26 Å². The number of benzene rings is 1. The standard InChI is InChI=1S/C21H23BrFN3O/c1-14-18(22)26(12-15-2-3-15)19(25-14)21(27)10-8-20(13-24,9-11-21)16-4-6-17(23)7-5-16/h4-7,15,27H,2-3,8-12H2,1H3/t20-,21-. The summed E-state index contributed by atoms with van der Waals surface area (Å²) in [5, 5.41) is 21.3. The van der Waals surface area contributed by atoms with Crippen LogP contribution in [-0.2, 0) is 17.6 Å². The van der Waals surface area contributed by atoms with E-state index in [1.807, 2.05) is 6.92 Å². The van der Waals surface area contributed by atoms with E-state index in [0.717, 1.165) is 22.4 Å². The molecule has 0 radical (unpaired) electrons. The molecule has 2 aliphatic rings. The first-order valence-electron chi connectivity index (χ1n) is 9.50. The number of hydrogen-bond donors (Lipinski definition) is 1. The van der Waals surface area contributed by atoms with Gasteiger partial charge < -0.3 is 9.67 Å². The first-order chi connectivity index (χ1) is 12.9. The van der Waals surface area contributed by atoms with Crippen LogP contribution in [0.25, 0.3) is 0 Å². The molecule has 0 spiro atoms. The van der Waals surface area contributed by atoms with Crippen molar-refractivity contribution < 1.29 is 9.50 Å². The molecule has 0 atom stereocenters. The number of halogens is 2. The lowest BCUT2D eigenvalue weighted by atomic mass is 9.66. The van der Waals surface area contributed by atoms with E-state index < -0.39 is 11.0 Å². The van der Waals surface area contributed by atoms with Crippen molar-refractivity contribution in [1.29, 1.82) is 5.26 Å². The van der Waals surface area contributed by atoms with Gasteiger partial charge in [-0.05, 0) is 85.0 Å². The lowest BCUT2D eigenvalue weighted by molar-refractivity contribution is -0.0247.